The van der Waals surface area contributed by atoms with Crippen LogP contribution in [0.4, 0.5) is 0 Å². The lowest BCUT2D eigenvalue weighted by molar-refractivity contribution is -0.0100. The molecule has 0 radical (unpaired) electrons. The number of fused-ring (bicyclic) bond motifs is 1. The van der Waals surface area contributed by atoms with Gasteiger partial charge in [0.2, 0.25) is 0 Å². The van der Waals surface area contributed by atoms with Gasteiger partial charge in [-0.05, 0) is 22.6 Å². The van der Waals surface area contributed by atoms with Gasteiger partial charge < -0.3 is 14.8 Å². The molecule has 3 nitrogen and oxygen atoms in total. The molecule has 0 amide bonds. The Morgan fingerprint density at radius 1 is 1.39 bits per heavy atom. The van der Waals surface area contributed by atoms with E-state index in [1.54, 1.807) is 6.07 Å². The van der Waals surface area contributed by atoms with E-state index in [1.807, 2.05) is 6.20 Å². The number of hydrogen-bond acceptors (Lipinski definition) is 2. The van der Waals surface area contributed by atoms with Gasteiger partial charge in [-0.15, -0.1) is 0 Å². The molecule has 2 N–H and O–H groups in total. The van der Waals surface area contributed by atoms with Gasteiger partial charge in [-0.25, -0.2) is 0 Å². The highest BCUT2D eigenvalue weighted by Gasteiger charge is 2.30. The van der Waals surface area contributed by atoms with Crippen molar-refractivity contribution in [1.29, 1.82) is 0 Å². The third-order valence-corrected chi connectivity index (χ3v) is 4.77. The molecule has 18 heavy (non-hydrogen) atoms. The molecule has 1 heterocycles. The summed E-state index contributed by atoms with van der Waals surface area (Å²) in [5.74, 6) is 0.724. The molecule has 0 spiro atoms. The second kappa shape index (κ2) is 4.74. The molecule has 0 saturated heterocycles. The summed E-state index contributed by atoms with van der Waals surface area (Å²) in [7, 11) is 0. The maximum atomic E-state index is 9.29. The van der Waals surface area contributed by atoms with Crippen LogP contribution in [0.15, 0.2) is 12.3 Å². The first kappa shape index (κ1) is 12.8. The van der Waals surface area contributed by atoms with Crippen LogP contribution in [0.2, 0.25) is 10.0 Å². The molecule has 0 aliphatic heterocycles. The van der Waals surface area contributed by atoms with Crippen LogP contribution in [0.1, 0.15) is 12.8 Å². The summed E-state index contributed by atoms with van der Waals surface area (Å²) < 4.78 is 6.92. The topological polar surface area (TPSA) is 45.2 Å². The van der Waals surface area contributed by atoms with E-state index in [9.17, 15) is 5.11 Å². The number of nitrogens with one attached hydrogen (secondary N) is 1. The number of H-pyrrole nitrogens is 1. The Hall–Kier alpha value is -0.170. The lowest BCUT2D eigenvalue weighted by atomic mass is 9.92. The molecule has 1 aromatic carbocycles. The van der Waals surface area contributed by atoms with Crippen LogP contribution in [-0.2, 0) is 0 Å². The zero-order valence-corrected chi connectivity index (χ0v) is 12.9. The molecule has 1 aliphatic rings. The van der Waals surface area contributed by atoms with Crippen LogP contribution in [0.3, 0.4) is 0 Å². The van der Waals surface area contributed by atoms with Crippen LogP contribution < -0.4 is 4.74 Å². The highest BCUT2D eigenvalue weighted by Crippen LogP contribution is 2.40. The largest absolute Gasteiger partial charge is 0.489 e. The summed E-state index contributed by atoms with van der Waals surface area (Å²) in [5, 5.41) is 11.2. The van der Waals surface area contributed by atoms with Crippen molar-refractivity contribution in [3.63, 3.8) is 0 Å². The summed E-state index contributed by atoms with van der Waals surface area (Å²) in [5.41, 5.74) is 0.795. The summed E-state index contributed by atoms with van der Waals surface area (Å²) in [6.45, 7) is 0. The number of benzene rings is 1. The van der Waals surface area contributed by atoms with Crippen molar-refractivity contribution in [2.75, 3.05) is 0 Å². The normalized spacial score (nSPS) is 23.1. The predicted molar refractivity (Wildman–Crippen MR) is 80.7 cm³/mol. The van der Waals surface area contributed by atoms with Crippen molar-refractivity contribution in [2.45, 2.75) is 25.0 Å². The van der Waals surface area contributed by atoms with Crippen molar-refractivity contribution in [3.8, 4) is 5.75 Å². The maximum absolute atomic E-state index is 9.29. The fourth-order valence-corrected chi connectivity index (χ4v) is 3.18. The lowest BCUT2D eigenvalue weighted by Crippen LogP contribution is -2.37. The van der Waals surface area contributed by atoms with E-state index < -0.39 is 0 Å². The zero-order valence-electron chi connectivity index (χ0n) is 9.21. The van der Waals surface area contributed by atoms with E-state index in [0.29, 0.717) is 22.9 Å². The van der Waals surface area contributed by atoms with E-state index in [1.165, 1.54) is 0 Å². The first-order valence-corrected chi connectivity index (χ1v) is 7.39. The minimum Gasteiger partial charge on any atom is -0.489 e. The van der Waals surface area contributed by atoms with Gasteiger partial charge in [-0.2, -0.15) is 0 Å². The number of hydrogen-bond donors (Lipinski definition) is 2. The maximum Gasteiger partial charge on any atom is 0.131 e. The van der Waals surface area contributed by atoms with Crippen molar-refractivity contribution in [3.05, 3.63) is 25.9 Å². The Morgan fingerprint density at radius 2 is 2.11 bits per heavy atom. The Kier molecular flexibility index (Phi) is 3.38. The third-order valence-electron chi connectivity index (χ3n) is 3.13. The van der Waals surface area contributed by atoms with Crippen molar-refractivity contribution in [1.82, 2.24) is 4.98 Å². The van der Waals surface area contributed by atoms with E-state index >= 15 is 0 Å². The molecule has 1 aromatic heterocycles. The van der Waals surface area contributed by atoms with Gasteiger partial charge in [-0.3, -0.25) is 0 Å². The zero-order chi connectivity index (χ0) is 12.9. The molecule has 1 aliphatic carbocycles. The fraction of sp³-hybridized carbons (Fsp3) is 0.333. The number of rotatable bonds is 2. The number of ether oxygens (including phenoxy) is 1. The molecule has 96 valence electrons. The predicted octanol–water partition coefficient (Wildman–Crippen LogP) is 3.98. The van der Waals surface area contributed by atoms with Crippen LogP contribution in [0, 0.1) is 3.57 Å². The molecule has 0 bridgehead atoms. The Labute approximate surface area is 128 Å². The molecule has 6 heteroatoms. The lowest BCUT2D eigenvalue weighted by Gasteiger charge is -2.32. The van der Waals surface area contributed by atoms with E-state index in [0.717, 1.165) is 20.2 Å². The number of aromatic nitrogens is 1. The minimum absolute atomic E-state index is 0.0612. The number of aliphatic hydroxyl groups excluding tert-OH is 1. The average molecular weight is 398 g/mol. The average Bonchev–Trinajstić information content (AvgIpc) is 2.66. The Morgan fingerprint density at radius 3 is 2.78 bits per heavy atom. The smallest absolute Gasteiger partial charge is 0.131 e. The van der Waals surface area contributed by atoms with Crippen molar-refractivity contribution < 1.29 is 9.84 Å². The molecule has 2 aromatic rings. The van der Waals surface area contributed by atoms with Gasteiger partial charge in [0.15, 0.2) is 0 Å². The highest BCUT2D eigenvalue weighted by atomic mass is 127. The summed E-state index contributed by atoms with van der Waals surface area (Å²) in [6, 6.07) is 1.74. The Bertz CT molecular complexity index is 608. The monoisotopic (exact) mass is 397 g/mol. The van der Waals surface area contributed by atoms with Crippen molar-refractivity contribution >= 4 is 56.7 Å². The molecule has 0 atom stereocenters. The summed E-state index contributed by atoms with van der Waals surface area (Å²) in [6.07, 6.45) is 3.03. The number of aromatic amines is 1. The van der Waals surface area contributed by atoms with E-state index in [4.69, 9.17) is 27.9 Å². The summed E-state index contributed by atoms with van der Waals surface area (Å²) >= 11 is 14.5. The molecule has 3 rings (SSSR count). The SMILES string of the molecule is O[C@H]1C[C@@H](Oc2cc(Cl)c(Cl)c3[nH]cc(I)c23)C1. The highest BCUT2D eigenvalue weighted by molar-refractivity contribution is 14.1. The molecule has 1 fully saturated rings. The van der Waals surface area contributed by atoms with Gasteiger partial charge in [-0.1, -0.05) is 23.2 Å². The van der Waals surface area contributed by atoms with Gasteiger partial charge in [0.25, 0.3) is 0 Å². The first-order chi connectivity index (χ1) is 8.56. The van der Waals surface area contributed by atoms with Gasteiger partial charge in [0.1, 0.15) is 11.9 Å². The van der Waals surface area contributed by atoms with Gasteiger partial charge in [0, 0.05) is 28.7 Å². The van der Waals surface area contributed by atoms with Crippen LogP contribution in [0.25, 0.3) is 10.9 Å². The van der Waals surface area contributed by atoms with Gasteiger partial charge >= 0.3 is 0 Å². The summed E-state index contributed by atoms with van der Waals surface area (Å²) in [4.78, 5) is 3.10. The molecule has 1 saturated carbocycles. The molecule has 0 unspecified atom stereocenters. The van der Waals surface area contributed by atoms with E-state index in [2.05, 4.69) is 27.6 Å². The third kappa shape index (κ3) is 2.09. The van der Waals surface area contributed by atoms with Crippen molar-refractivity contribution in [2.24, 2.45) is 0 Å². The second-order valence-electron chi connectivity index (χ2n) is 4.42. The second-order valence-corrected chi connectivity index (χ2v) is 6.37. The minimum atomic E-state index is -0.237. The molecular formula is C12H10Cl2INO2. The van der Waals surface area contributed by atoms with Crippen LogP contribution in [0.5, 0.6) is 5.75 Å². The van der Waals surface area contributed by atoms with E-state index in [-0.39, 0.29) is 12.2 Å². The van der Waals surface area contributed by atoms with Crippen LogP contribution in [-0.4, -0.2) is 22.3 Å². The quantitative estimate of drug-likeness (QED) is 0.753. The number of halogens is 3. The number of aliphatic hydroxyl groups is 1. The first-order valence-electron chi connectivity index (χ1n) is 5.55. The fourth-order valence-electron chi connectivity index (χ4n) is 2.09. The molecular weight excluding hydrogens is 388 g/mol. The van der Waals surface area contributed by atoms with Gasteiger partial charge in [0.05, 0.1) is 27.1 Å². The van der Waals surface area contributed by atoms with Crippen LogP contribution >= 0.6 is 45.8 Å². The standard InChI is InChI=1S/C12H10Cl2INO2/c13-7-3-9(18-6-1-5(17)2-6)10-8(15)4-16-12(10)11(7)14/h3-6,16-17H,1-2H2/t5-,6+. The Balaban J connectivity index is 2.04.